The highest BCUT2D eigenvalue weighted by Gasteiger charge is 2.36. The van der Waals surface area contributed by atoms with Crippen LogP contribution in [0.25, 0.3) is 0 Å². The van der Waals surface area contributed by atoms with E-state index in [1.54, 1.807) is 0 Å². The highest BCUT2D eigenvalue weighted by molar-refractivity contribution is 5.98. The molecule has 0 bridgehead atoms. The molecule has 1 aromatic heterocycles. The van der Waals surface area contributed by atoms with Gasteiger partial charge in [-0.2, -0.15) is 0 Å². The van der Waals surface area contributed by atoms with Crippen LogP contribution in [0.3, 0.4) is 0 Å². The van der Waals surface area contributed by atoms with Crippen molar-refractivity contribution in [2.45, 2.75) is 44.8 Å². The summed E-state index contributed by atoms with van der Waals surface area (Å²) < 4.78 is 16.3. The van der Waals surface area contributed by atoms with Gasteiger partial charge in [-0.25, -0.2) is 9.78 Å². The van der Waals surface area contributed by atoms with Crippen LogP contribution in [0, 0.1) is 11.8 Å². The SMILES string of the molecule is COc1ccnc(C(=O)N[C@H]2COC[C@@H]3CCCC[C@H]3[C@@H](C)OC2=O)c1O. The number of pyridine rings is 1. The van der Waals surface area contributed by atoms with Crippen molar-refractivity contribution in [1.29, 1.82) is 0 Å². The monoisotopic (exact) mass is 378 g/mol. The van der Waals surface area contributed by atoms with E-state index < -0.39 is 17.9 Å². The summed E-state index contributed by atoms with van der Waals surface area (Å²) in [5.74, 6) is -0.845. The van der Waals surface area contributed by atoms with Crippen molar-refractivity contribution in [2.75, 3.05) is 20.3 Å². The summed E-state index contributed by atoms with van der Waals surface area (Å²) in [5, 5.41) is 12.6. The summed E-state index contributed by atoms with van der Waals surface area (Å²) in [6.07, 6.45) is 5.48. The van der Waals surface area contributed by atoms with Crippen LogP contribution in [0.4, 0.5) is 0 Å². The molecule has 0 aromatic carbocycles. The molecule has 2 fully saturated rings. The Hall–Kier alpha value is -2.35. The first-order chi connectivity index (χ1) is 13.0. The summed E-state index contributed by atoms with van der Waals surface area (Å²) in [4.78, 5) is 28.9. The molecule has 0 spiro atoms. The summed E-state index contributed by atoms with van der Waals surface area (Å²) in [5.41, 5.74) is -0.219. The molecule has 1 saturated carbocycles. The molecule has 2 N–H and O–H groups in total. The highest BCUT2D eigenvalue weighted by Crippen LogP contribution is 2.34. The molecule has 0 unspecified atom stereocenters. The van der Waals surface area contributed by atoms with Gasteiger partial charge in [0.15, 0.2) is 23.2 Å². The minimum atomic E-state index is -0.965. The number of amides is 1. The molecule has 1 aliphatic heterocycles. The van der Waals surface area contributed by atoms with Crippen molar-refractivity contribution in [3.63, 3.8) is 0 Å². The molecule has 148 valence electrons. The molecule has 2 heterocycles. The summed E-state index contributed by atoms with van der Waals surface area (Å²) in [7, 11) is 1.38. The van der Waals surface area contributed by atoms with Gasteiger partial charge in [0.05, 0.1) is 13.7 Å². The smallest absolute Gasteiger partial charge is 0.331 e. The number of hydrogen-bond donors (Lipinski definition) is 2. The predicted molar refractivity (Wildman–Crippen MR) is 95.5 cm³/mol. The summed E-state index contributed by atoms with van der Waals surface area (Å²) in [6, 6.07) is 0.472. The van der Waals surface area contributed by atoms with E-state index in [2.05, 4.69) is 10.3 Å². The lowest BCUT2D eigenvalue weighted by Gasteiger charge is -2.34. The molecule has 1 amide bonds. The van der Waals surface area contributed by atoms with Crippen LogP contribution in [0.2, 0.25) is 0 Å². The molecule has 2 aliphatic rings. The molecular weight excluding hydrogens is 352 g/mol. The third kappa shape index (κ3) is 4.32. The minimum Gasteiger partial charge on any atom is -0.503 e. The predicted octanol–water partition coefficient (Wildman–Crippen LogP) is 1.66. The zero-order chi connectivity index (χ0) is 19.4. The fraction of sp³-hybridized carbons (Fsp3) is 0.632. The van der Waals surface area contributed by atoms with Gasteiger partial charge >= 0.3 is 5.97 Å². The lowest BCUT2D eigenvalue weighted by atomic mass is 9.77. The highest BCUT2D eigenvalue weighted by atomic mass is 16.6. The molecule has 3 rings (SSSR count). The maximum absolute atomic E-state index is 12.6. The fourth-order valence-electron chi connectivity index (χ4n) is 3.91. The molecule has 8 heteroatoms. The van der Waals surface area contributed by atoms with Crippen LogP contribution >= 0.6 is 0 Å². The Bertz CT molecular complexity index is 695. The Morgan fingerprint density at radius 3 is 2.89 bits per heavy atom. The number of fused-ring (bicyclic) bond motifs is 1. The average Bonchev–Trinajstić information content (AvgIpc) is 2.72. The number of rotatable bonds is 3. The standard InChI is InChI=1S/C19H26N2O6/c1-11-13-6-4-3-5-12(13)9-26-10-14(19(24)27-11)21-18(23)16-17(22)15(25-2)7-8-20-16/h7-8,11-14,22H,3-6,9-10H2,1-2H3,(H,21,23)/t11-,12+,13+,14+/m1/s1. The van der Waals surface area contributed by atoms with Crippen molar-refractivity contribution in [3.8, 4) is 11.5 Å². The van der Waals surface area contributed by atoms with E-state index in [9.17, 15) is 14.7 Å². The van der Waals surface area contributed by atoms with Gasteiger partial charge in [0.2, 0.25) is 0 Å². The van der Waals surface area contributed by atoms with Crippen LogP contribution < -0.4 is 10.1 Å². The minimum absolute atomic E-state index is 0.0191. The Balaban J connectivity index is 1.72. The zero-order valence-electron chi connectivity index (χ0n) is 15.6. The van der Waals surface area contributed by atoms with Crippen LogP contribution in [0.5, 0.6) is 11.5 Å². The fourth-order valence-corrected chi connectivity index (χ4v) is 3.91. The zero-order valence-corrected chi connectivity index (χ0v) is 15.6. The maximum atomic E-state index is 12.6. The number of cyclic esters (lactones) is 1. The first-order valence-corrected chi connectivity index (χ1v) is 9.32. The normalized spacial score (nSPS) is 28.7. The third-order valence-corrected chi connectivity index (χ3v) is 5.40. The summed E-state index contributed by atoms with van der Waals surface area (Å²) in [6.45, 7) is 2.46. The topological polar surface area (TPSA) is 107 Å². The molecule has 4 atom stereocenters. The Morgan fingerprint density at radius 2 is 2.11 bits per heavy atom. The van der Waals surface area contributed by atoms with Gasteiger partial charge in [0, 0.05) is 24.8 Å². The molecular formula is C19H26N2O6. The van der Waals surface area contributed by atoms with Crippen LogP contribution in [0.15, 0.2) is 12.3 Å². The van der Waals surface area contributed by atoms with Gasteiger partial charge in [-0.1, -0.05) is 12.8 Å². The number of methoxy groups -OCH3 is 1. The van der Waals surface area contributed by atoms with E-state index in [-0.39, 0.29) is 35.8 Å². The lowest BCUT2D eigenvalue weighted by molar-refractivity contribution is -0.154. The third-order valence-electron chi connectivity index (χ3n) is 5.40. The van der Waals surface area contributed by atoms with Crippen molar-refractivity contribution in [1.82, 2.24) is 10.3 Å². The van der Waals surface area contributed by atoms with E-state index >= 15 is 0 Å². The Morgan fingerprint density at radius 1 is 1.33 bits per heavy atom. The van der Waals surface area contributed by atoms with Crippen molar-refractivity contribution >= 4 is 11.9 Å². The average molecular weight is 378 g/mol. The van der Waals surface area contributed by atoms with Crippen molar-refractivity contribution in [3.05, 3.63) is 18.0 Å². The van der Waals surface area contributed by atoms with Gasteiger partial charge in [0.1, 0.15) is 6.10 Å². The molecule has 0 radical (unpaired) electrons. The van der Waals surface area contributed by atoms with E-state index in [0.29, 0.717) is 12.5 Å². The van der Waals surface area contributed by atoms with Crippen LogP contribution in [0.1, 0.15) is 43.1 Å². The number of nitrogens with zero attached hydrogens (tertiary/aromatic N) is 1. The van der Waals surface area contributed by atoms with Gasteiger partial charge in [-0.15, -0.1) is 0 Å². The first-order valence-electron chi connectivity index (χ1n) is 9.32. The summed E-state index contributed by atoms with van der Waals surface area (Å²) >= 11 is 0. The van der Waals surface area contributed by atoms with Crippen LogP contribution in [-0.4, -0.2) is 54.4 Å². The number of carbonyl (C=O) groups excluding carboxylic acids is 2. The van der Waals surface area contributed by atoms with Crippen molar-refractivity contribution in [2.24, 2.45) is 11.8 Å². The number of carbonyl (C=O) groups is 2. The second-order valence-electron chi connectivity index (χ2n) is 7.12. The first kappa shape index (κ1) is 19.4. The van der Waals surface area contributed by atoms with Gasteiger partial charge in [0.25, 0.3) is 5.91 Å². The number of nitrogens with one attached hydrogen (secondary N) is 1. The van der Waals surface area contributed by atoms with E-state index in [1.165, 1.54) is 19.4 Å². The number of ether oxygens (including phenoxy) is 3. The molecule has 1 saturated heterocycles. The van der Waals surface area contributed by atoms with Gasteiger partial charge < -0.3 is 24.6 Å². The van der Waals surface area contributed by atoms with Crippen molar-refractivity contribution < 1.29 is 28.9 Å². The quantitative estimate of drug-likeness (QED) is 0.770. The number of aromatic hydroxyl groups is 1. The van der Waals surface area contributed by atoms with E-state index in [4.69, 9.17) is 14.2 Å². The Labute approximate surface area is 158 Å². The van der Waals surface area contributed by atoms with E-state index in [0.717, 1.165) is 25.7 Å². The number of hydrogen-bond acceptors (Lipinski definition) is 7. The van der Waals surface area contributed by atoms with Gasteiger partial charge in [-0.05, 0) is 25.7 Å². The molecule has 1 aliphatic carbocycles. The second kappa shape index (κ2) is 8.56. The number of esters is 1. The van der Waals surface area contributed by atoms with E-state index in [1.807, 2.05) is 6.92 Å². The second-order valence-corrected chi connectivity index (χ2v) is 7.12. The molecule has 27 heavy (non-hydrogen) atoms. The molecule has 1 aromatic rings. The largest absolute Gasteiger partial charge is 0.503 e. The molecule has 8 nitrogen and oxygen atoms in total. The number of aromatic nitrogens is 1. The van der Waals surface area contributed by atoms with Crippen LogP contribution in [-0.2, 0) is 14.3 Å². The Kier molecular flexibility index (Phi) is 6.15. The maximum Gasteiger partial charge on any atom is 0.331 e. The lowest BCUT2D eigenvalue weighted by Crippen LogP contribution is -2.46. The van der Waals surface area contributed by atoms with Gasteiger partial charge in [-0.3, -0.25) is 4.79 Å².